The van der Waals surface area contributed by atoms with E-state index in [2.05, 4.69) is 33.8 Å². The van der Waals surface area contributed by atoms with Crippen LogP contribution in [0.1, 0.15) is 160 Å². The molecule has 3 nitrogen and oxygen atoms in total. The van der Waals surface area contributed by atoms with E-state index in [1.54, 1.807) is 0 Å². The number of benzene rings is 1. The predicted octanol–water partition coefficient (Wildman–Crippen LogP) is 10.8. The molecule has 0 heterocycles. The molecule has 0 bridgehead atoms. The molecule has 0 aliphatic heterocycles. The van der Waals surface area contributed by atoms with Crippen molar-refractivity contribution in [3.8, 4) is 5.75 Å². The number of aromatic hydroxyl groups is 1. The van der Waals surface area contributed by atoms with E-state index < -0.39 is 13.2 Å². The van der Waals surface area contributed by atoms with Gasteiger partial charge in [-0.3, -0.25) is 4.79 Å². The Hall–Kier alpha value is -1.08. The summed E-state index contributed by atoms with van der Waals surface area (Å²) >= 11 is 0. The third-order valence-corrected chi connectivity index (χ3v) is 13.5. The summed E-state index contributed by atoms with van der Waals surface area (Å²) in [5, 5.41) is 21.9. The van der Waals surface area contributed by atoms with Crippen LogP contribution in [0.3, 0.4) is 0 Å². The zero-order valence-corrected chi connectivity index (χ0v) is 27.3. The van der Waals surface area contributed by atoms with Gasteiger partial charge in [0.15, 0.2) is 5.75 Å². The number of aliphatic carboxylic acids is 1. The van der Waals surface area contributed by atoms with Gasteiger partial charge >= 0.3 is 5.97 Å². The number of unbranched alkanes of at least 4 members (excludes halogenated alkanes) is 15. The van der Waals surface area contributed by atoms with Crippen molar-refractivity contribution >= 4 is 18.5 Å². The maximum Gasteiger partial charge on any atom is 0.303 e. The van der Waals surface area contributed by atoms with Crippen molar-refractivity contribution in [3.05, 3.63) is 23.3 Å². The van der Waals surface area contributed by atoms with Gasteiger partial charge in [-0.25, -0.2) is 0 Å². The quantitative estimate of drug-likeness (QED) is 0.0870. The second kappa shape index (κ2) is 22.6. The summed E-state index contributed by atoms with van der Waals surface area (Å²) in [6, 6.07) is 4.34. The Morgan fingerprint density at radius 1 is 0.641 bits per heavy atom. The standard InChI is InChI=1S/C35H63O3P/c1-5-8-11-14-17-20-26-39(27-21-18-15-12-9-6-2,28-22-19-16-13-10-7-3)34-30-32(24-23-25-35(37)38)31(4)29-33(34)36/h29-30H,5-28H2,1-4H3,(H-,36,37,38)/p+1. The molecular formula is C35H64O3P+. The molecule has 0 unspecified atom stereocenters. The van der Waals surface area contributed by atoms with E-state index in [1.807, 2.05) is 6.07 Å². The molecule has 226 valence electrons. The van der Waals surface area contributed by atoms with Gasteiger partial charge in [0.25, 0.3) is 0 Å². The molecule has 2 N–H and O–H groups in total. The summed E-state index contributed by atoms with van der Waals surface area (Å²) in [6.45, 7) is 8.93. The first-order valence-corrected chi connectivity index (χ1v) is 19.2. The Balaban J connectivity index is 3.19. The molecule has 4 heteroatoms. The monoisotopic (exact) mass is 563 g/mol. The molecule has 39 heavy (non-hydrogen) atoms. The zero-order chi connectivity index (χ0) is 28.8. The lowest BCUT2D eigenvalue weighted by Gasteiger charge is -2.29. The molecule has 1 aromatic rings. The van der Waals surface area contributed by atoms with Crippen LogP contribution in [0.4, 0.5) is 0 Å². The molecule has 0 fully saturated rings. The summed E-state index contributed by atoms with van der Waals surface area (Å²) in [5.74, 6) is -0.200. The second-order valence-corrected chi connectivity index (χ2v) is 16.2. The Morgan fingerprint density at radius 3 is 1.46 bits per heavy atom. The minimum absolute atomic E-state index is 0.212. The van der Waals surface area contributed by atoms with E-state index in [4.69, 9.17) is 0 Å². The fourth-order valence-corrected chi connectivity index (χ4v) is 10.9. The molecule has 1 rings (SSSR count). The Morgan fingerprint density at radius 2 is 1.05 bits per heavy atom. The summed E-state index contributed by atoms with van der Waals surface area (Å²) in [7, 11) is -1.52. The summed E-state index contributed by atoms with van der Waals surface area (Å²) in [4.78, 5) is 11.2. The lowest BCUT2D eigenvalue weighted by atomic mass is 10.0. The van der Waals surface area contributed by atoms with Gasteiger partial charge < -0.3 is 10.2 Å². The van der Waals surface area contributed by atoms with Crippen molar-refractivity contribution in [3.63, 3.8) is 0 Å². The third-order valence-electron chi connectivity index (χ3n) is 8.60. The molecule has 0 amide bonds. The van der Waals surface area contributed by atoms with Gasteiger partial charge in [-0.15, -0.1) is 0 Å². The van der Waals surface area contributed by atoms with Crippen LogP contribution in [0.5, 0.6) is 5.75 Å². The molecule has 0 saturated heterocycles. The number of rotatable bonds is 26. The minimum atomic E-state index is -1.52. The van der Waals surface area contributed by atoms with Gasteiger partial charge in [0.05, 0.1) is 25.7 Å². The van der Waals surface area contributed by atoms with Crippen molar-refractivity contribution in [1.29, 1.82) is 0 Å². The average molecular weight is 564 g/mol. The van der Waals surface area contributed by atoms with E-state index in [9.17, 15) is 15.0 Å². The number of carboxylic acids is 1. The highest BCUT2D eigenvalue weighted by Gasteiger charge is 2.41. The Bertz CT molecular complexity index is 720. The van der Waals surface area contributed by atoms with Crippen LogP contribution in [0, 0.1) is 6.92 Å². The zero-order valence-electron chi connectivity index (χ0n) is 26.4. The van der Waals surface area contributed by atoms with Crippen molar-refractivity contribution in [2.24, 2.45) is 0 Å². The summed E-state index contributed by atoms with van der Waals surface area (Å²) in [5.41, 5.74) is 2.36. The van der Waals surface area contributed by atoms with E-state index in [0.717, 1.165) is 12.0 Å². The van der Waals surface area contributed by atoms with Crippen molar-refractivity contribution in [1.82, 2.24) is 0 Å². The number of aryl methyl sites for hydroxylation is 2. The molecule has 0 spiro atoms. The first-order valence-electron chi connectivity index (χ1n) is 16.8. The summed E-state index contributed by atoms with van der Waals surface area (Å²) in [6.07, 6.45) is 29.2. The number of carboxylic acid groups (broad SMARTS) is 1. The lowest BCUT2D eigenvalue weighted by molar-refractivity contribution is -0.137. The van der Waals surface area contributed by atoms with Gasteiger partial charge in [0.2, 0.25) is 0 Å². The molecule has 0 atom stereocenters. The first-order chi connectivity index (χ1) is 18.9. The fourth-order valence-electron chi connectivity index (χ4n) is 6.09. The molecule has 0 aliphatic carbocycles. The van der Waals surface area contributed by atoms with E-state index in [-0.39, 0.29) is 6.42 Å². The predicted molar refractivity (Wildman–Crippen MR) is 175 cm³/mol. The number of phenols is 1. The Kier molecular flexibility index (Phi) is 20.8. The van der Waals surface area contributed by atoms with Crippen LogP contribution in [0.25, 0.3) is 0 Å². The van der Waals surface area contributed by atoms with E-state index in [1.165, 1.54) is 145 Å². The van der Waals surface area contributed by atoms with Crippen molar-refractivity contribution in [2.75, 3.05) is 18.5 Å². The van der Waals surface area contributed by atoms with Gasteiger partial charge in [0.1, 0.15) is 5.30 Å². The number of carbonyl (C=O) groups is 1. The second-order valence-electron chi connectivity index (χ2n) is 12.1. The van der Waals surface area contributed by atoms with Gasteiger partial charge in [-0.05, 0) is 81.5 Å². The van der Waals surface area contributed by atoms with Gasteiger partial charge in [-0.2, -0.15) is 0 Å². The molecule has 0 aromatic heterocycles. The highest BCUT2D eigenvalue weighted by Crippen LogP contribution is 2.61. The van der Waals surface area contributed by atoms with Gasteiger partial charge in [-0.1, -0.05) is 97.8 Å². The van der Waals surface area contributed by atoms with E-state index in [0.29, 0.717) is 12.2 Å². The summed E-state index contributed by atoms with van der Waals surface area (Å²) < 4.78 is 0. The van der Waals surface area contributed by atoms with Crippen LogP contribution in [-0.4, -0.2) is 34.7 Å². The van der Waals surface area contributed by atoms with Crippen LogP contribution in [-0.2, 0) is 11.2 Å². The fraction of sp³-hybridized carbons (Fsp3) is 0.800. The largest absolute Gasteiger partial charge is 0.504 e. The molecule has 0 aliphatic rings. The maximum atomic E-state index is 11.4. The van der Waals surface area contributed by atoms with E-state index >= 15 is 0 Å². The Labute approximate surface area is 243 Å². The molecular weight excluding hydrogens is 499 g/mol. The topological polar surface area (TPSA) is 57.5 Å². The molecule has 0 radical (unpaired) electrons. The lowest BCUT2D eigenvalue weighted by Crippen LogP contribution is -2.23. The number of hydrogen-bond acceptors (Lipinski definition) is 2. The van der Waals surface area contributed by atoms with Crippen molar-refractivity contribution in [2.45, 2.75) is 163 Å². The highest BCUT2D eigenvalue weighted by atomic mass is 31.2. The first kappa shape index (κ1) is 35.9. The number of phenolic OH excluding ortho intramolecular Hbond substituents is 1. The smallest absolute Gasteiger partial charge is 0.303 e. The highest BCUT2D eigenvalue weighted by molar-refractivity contribution is 7.83. The third kappa shape index (κ3) is 15.5. The molecule has 0 saturated carbocycles. The SMILES string of the molecule is CCCCCCCC[P+](CCCCCCCC)(CCCCCCCC)c1cc(CCCC(=O)O)c(C)cc1O. The van der Waals surface area contributed by atoms with Gasteiger partial charge in [0, 0.05) is 6.42 Å². The normalized spacial score (nSPS) is 11.8. The van der Waals surface area contributed by atoms with Crippen LogP contribution in [0.15, 0.2) is 12.1 Å². The maximum absolute atomic E-state index is 11.4. The number of hydrogen-bond donors (Lipinski definition) is 2. The van der Waals surface area contributed by atoms with Crippen molar-refractivity contribution < 1.29 is 15.0 Å². The van der Waals surface area contributed by atoms with Crippen LogP contribution < -0.4 is 5.30 Å². The molecule has 1 aromatic carbocycles. The minimum Gasteiger partial charge on any atom is -0.504 e. The van der Waals surface area contributed by atoms with Crippen LogP contribution >= 0.6 is 7.26 Å². The average Bonchev–Trinajstić information content (AvgIpc) is 2.90. The van der Waals surface area contributed by atoms with Crippen LogP contribution in [0.2, 0.25) is 0 Å².